The van der Waals surface area contributed by atoms with E-state index in [0.29, 0.717) is 13.1 Å². The standard InChI is InChI=1S/C11H16BF3NO3.K/c1-2-19-10(18)11(7-8(11)12(13,14)15)9(17)16-5-3-4-6-16;/h8H,2-7H2,1H3;/q-1;+1. The van der Waals surface area contributed by atoms with Gasteiger partial charge in [0.25, 0.3) is 0 Å². The maximum absolute atomic E-state index is 12.9. The number of carbonyl (C=O) groups is 2. The second kappa shape index (κ2) is 6.68. The van der Waals surface area contributed by atoms with Crippen molar-refractivity contribution >= 4 is 18.9 Å². The first-order valence-electron chi connectivity index (χ1n) is 6.50. The molecule has 2 fully saturated rings. The molecule has 0 bridgehead atoms. The van der Waals surface area contributed by atoms with E-state index in [-0.39, 0.29) is 58.0 Å². The molecule has 2 unspecified atom stereocenters. The third-order valence-electron chi connectivity index (χ3n) is 3.89. The fourth-order valence-electron chi connectivity index (χ4n) is 2.77. The van der Waals surface area contributed by atoms with E-state index in [4.69, 9.17) is 4.74 Å². The van der Waals surface area contributed by atoms with E-state index in [1.807, 2.05) is 0 Å². The number of carbonyl (C=O) groups excluding carboxylic acids is 2. The van der Waals surface area contributed by atoms with Gasteiger partial charge in [-0.1, -0.05) is 6.42 Å². The molecule has 20 heavy (non-hydrogen) atoms. The van der Waals surface area contributed by atoms with Crippen molar-refractivity contribution in [3.05, 3.63) is 0 Å². The van der Waals surface area contributed by atoms with Gasteiger partial charge in [-0.3, -0.25) is 9.59 Å². The minimum atomic E-state index is -5.20. The molecule has 4 nitrogen and oxygen atoms in total. The van der Waals surface area contributed by atoms with Crippen LogP contribution in [0.3, 0.4) is 0 Å². The Labute approximate surface area is 158 Å². The maximum Gasteiger partial charge on any atom is 1.00 e. The minimum absolute atomic E-state index is 0. The summed E-state index contributed by atoms with van der Waals surface area (Å²) in [6.45, 7) is -2.85. The molecule has 1 heterocycles. The van der Waals surface area contributed by atoms with E-state index in [2.05, 4.69) is 0 Å². The molecule has 0 spiro atoms. The average Bonchev–Trinajstić information content (AvgIpc) is 2.88. The number of hydrogen-bond acceptors (Lipinski definition) is 3. The summed E-state index contributed by atoms with van der Waals surface area (Å²) in [5, 5.41) is 0. The summed E-state index contributed by atoms with van der Waals surface area (Å²) in [5.74, 6) is -3.55. The number of ether oxygens (including phenoxy) is 1. The van der Waals surface area contributed by atoms with Gasteiger partial charge >= 0.3 is 64.3 Å². The topological polar surface area (TPSA) is 46.6 Å². The first-order chi connectivity index (χ1) is 8.84. The number of nitrogens with zero attached hydrogens (tertiary/aromatic N) is 1. The van der Waals surface area contributed by atoms with Crippen molar-refractivity contribution in [1.29, 1.82) is 0 Å². The van der Waals surface area contributed by atoms with Gasteiger partial charge in [-0.05, 0) is 25.6 Å². The van der Waals surface area contributed by atoms with Gasteiger partial charge in [0.2, 0.25) is 5.91 Å². The van der Waals surface area contributed by atoms with Crippen molar-refractivity contribution in [3.63, 3.8) is 0 Å². The number of amides is 1. The van der Waals surface area contributed by atoms with Gasteiger partial charge in [-0.25, -0.2) is 0 Å². The summed E-state index contributed by atoms with van der Waals surface area (Å²) in [5.41, 5.74) is -1.99. The molecule has 2 rings (SSSR count). The van der Waals surface area contributed by atoms with Crippen LogP contribution < -0.4 is 51.4 Å². The monoisotopic (exact) mass is 317 g/mol. The van der Waals surface area contributed by atoms with Crippen molar-refractivity contribution in [1.82, 2.24) is 4.90 Å². The maximum atomic E-state index is 12.9. The molecule has 1 saturated heterocycles. The van der Waals surface area contributed by atoms with E-state index in [1.54, 1.807) is 0 Å². The number of halogens is 3. The van der Waals surface area contributed by atoms with E-state index < -0.39 is 36.5 Å². The summed E-state index contributed by atoms with van der Waals surface area (Å²) < 4.78 is 43.3. The Morgan fingerprint density at radius 2 is 1.85 bits per heavy atom. The Morgan fingerprint density at radius 3 is 2.25 bits per heavy atom. The van der Waals surface area contributed by atoms with Crippen LogP contribution in [0.2, 0.25) is 5.82 Å². The molecule has 108 valence electrons. The average molecular weight is 317 g/mol. The van der Waals surface area contributed by atoms with Crippen LogP contribution >= 0.6 is 0 Å². The van der Waals surface area contributed by atoms with Crippen LogP contribution in [0, 0.1) is 5.41 Å². The Balaban J connectivity index is 0.00000200. The SMILES string of the molecule is CCOC(=O)C1(C(=O)N2CCCC2)CC1[B-](F)(F)F.[K+]. The van der Waals surface area contributed by atoms with Crippen LogP contribution in [0.4, 0.5) is 12.9 Å². The Kier molecular flexibility index (Phi) is 6.17. The molecule has 2 atom stereocenters. The summed E-state index contributed by atoms with van der Waals surface area (Å²) in [6.07, 6.45) is 1.09. The zero-order chi connectivity index (χ0) is 14.3. The fraction of sp³-hybridized carbons (Fsp3) is 0.818. The first kappa shape index (κ1) is 18.5. The molecular formula is C11H16BF3KNO3. The zero-order valence-electron chi connectivity index (χ0n) is 11.7. The van der Waals surface area contributed by atoms with Crippen molar-refractivity contribution in [2.75, 3.05) is 19.7 Å². The predicted octanol–water partition coefficient (Wildman–Crippen LogP) is -1.22. The van der Waals surface area contributed by atoms with Crippen molar-refractivity contribution < 1.29 is 78.7 Å². The smallest absolute Gasteiger partial charge is 0.465 e. The number of rotatable bonds is 4. The van der Waals surface area contributed by atoms with Crippen molar-refractivity contribution in [2.24, 2.45) is 5.41 Å². The van der Waals surface area contributed by atoms with Gasteiger partial charge in [0.05, 0.1) is 6.61 Å². The summed E-state index contributed by atoms with van der Waals surface area (Å²) >= 11 is 0. The summed E-state index contributed by atoms with van der Waals surface area (Å²) in [6, 6.07) is 0. The Hall–Kier alpha value is 0.431. The number of hydrogen-bond donors (Lipinski definition) is 0. The first-order valence-corrected chi connectivity index (χ1v) is 6.50. The van der Waals surface area contributed by atoms with Crippen LogP contribution in [0.1, 0.15) is 26.2 Å². The van der Waals surface area contributed by atoms with E-state index >= 15 is 0 Å². The van der Waals surface area contributed by atoms with Crippen LogP contribution in [-0.4, -0.2) is 43.5 Å². The molecule has 1 aliphatic heterocycles. The van der Waals surface area contributed by atoms with Crippen LogP contribution in [-0.2, 0) is 14.3 Å². The van der Waals surface area contributed by atoms with E-state index in [9.17, 15) is 22.5 Å². The largest absolute Gasteiger partial charge is 1.00 e. The molecular weight excluding hydrogens is 301 g/mol. The van der Waals surface area contributed by atoms with E-state index in [0.717, 1.165) is 12.8 Å². The second-order valence-corrected chi connectivity index (χ2v) is 5.13. The van der Waals surface area contributed by atoms with Crippen molar-refractivity contribution in [2.45, 2.75) is 32.0 Å². The molecule has 9 heteroatoms. The molecule has 1 aliphatic carbocycles. The molecule has 1 saturated carbocycles. The van der Waals surface area contributed by atoms with Crippen LogP contribution in [0.15, 0.2) is 0 Å². The molecule has 0 aromatic carbocycles. The summed E-state index contributed by atoms with van der Waals surface area (Å²) in [7, 11) is 0. The van der Waals surface area contributed by atoms with Gasteiger partial charge in [-0.2, -0.15) is 0 Å². The molecule has 0 radical (unpaired) electrons. The van der Waals surface area contributed by atoms with E-state index in [1.165, 1.54) is 11.8 Å². The van der Waals surface area contributed by atoms with Gasteiger partial charge in [0, 0.05) is 13.1 Å². The van der Waals surface area contributed by atoms with Gasteiger partial charge in [0.1, 0.15) is 5.41 Å². The normalized spacial score (nSPS) is 28.8. The molecule has 0 N–H and O–H groups in total. The number of likely N-dealkylation sites (tertiary alicyclic amines) is 1. The minimum Gasteiger partial charge on any atom is -0.465 e. The quantitative estimate of drug-likeness (QED) is 0.371. The third kappa shape index (κ3) is 3.26. The Morgan fingerprint density at radius 1 is 1.30 bits per heavy atom. The second-order valence-electron chi connectivity index (χ2n) is 5.13. The molecule has 1 amide bonds. The molecule has 2 aliphatic rings. The molecule has 0 aromatic rings. The third-order valence-corrected chi connectivity index (χ3v) is 3.89. The van der Waals surface area contributed by atoms with Gasteiger partial charge in [-0.15, -0.1) is 0 Å². The Bertz CT molecular complexity index is 401. The van der Waals surface area contributed by atoms with Crippen LogP contribution in [0.5, 0.6) is 0 Å². The fourth-order valence-corrected chi connectivity index (χ4v) is 2.77. The zero-order valence-corrected chi connectivity index (χ0v) is 14.8. The van der Waals surface area contributed by atoms with Crippen molar-refractivity contribution in [3.8, 4) is 0 Å². The van der Waals surface area contributed by atoms with Crippen LogP contribution in [0.25, 0.3) is 0 Å². The predicted molar refractivity (Wildman–Crippen MR) is 62.3 cm³/mol. The van der Waals surface area contributed by atoms with Gasteiger partial charge < -0.3 is 22.6 Å². The van der Waals surface area contributed by atoms with Gasteiger partial charge in [0.15, 0.2) is 0 Å². The summed E-state index contributed by atoms with van der Waals surface area (Å²) in [4.78, 5) is 25.4. The molecule has 0 aromatic heterocycles. The number of esters is 1.